The first-order chi connectivity index (χ1) is 25.6. The van der Waals surface area contributed by atoms with Crippen molar-refractivity contribution in [2.24, 2.45) is 23.2 Å². The van der Waals surface area contributed by atoms with Crippen LogP contribution in [0.4, 0.5) is 5.69 Å². The van der Waals surface area contributed by atoms with Gasteiger partial charge in [-0.1, -0.05) is 30.3 Å². The number of aromatic nitrogens is 1. The molecule has 53 heavy (non-hydrogen) atoms. The van der Waals surface area contributed by atoms with Crippen molar-refractivity contribution in [1.82, 2.24) is 15.6 Å². The third-order valence-electron chi connectivity index (χ3n) is 11.2. The number of anilines is 1. The highest BCUT2D eigenvalue weighted by atomic mass is 16.5. The van der Waals surface area contributed by atoms with Gasteiger partial charge in [0.2, 0.25) is 5.91 Å². The van der Waals surface area contributed by atoms with Crippen LogP contribution >= 0.6 is 0 Å². The molecule has 4 saturated carbocycles. The lowest BCUT2D eigenvalue weighted by Crippen LogP contribution is -2.51. The maximum Gasteiger partial charge on any atom is 0.338 e. The average molecular weight is 719 g/mol. The van der Waals surface area contributed by atoms with E-state index in [1.807, 2.05) is 12.1 Å². The number of fused-ring (bicyclic) bond motifs is 1. The zero-order chi connectivity index (χ0) is 37.1. The van der Waals surface area contributed by atoms with E-state index in [1.165, 1.54) is 37.5 Å². The molecule has 1 aromatic heterocycles. The standard InChI is InChI=1S/C42H46N4O7/c1-3-52-40(50)30-15-31(41(51)53-4-2)17-32(16-30)46-39(49)35(28-8-6-5-7-9-28)23-44-37(47)33-18-29-10-11-43-36(29)19-34(33)38(48)45-24-42-20-25-12-26(21-42)14-27(13-25)22-42/h5-11,15-19,25-27,35,43H,3-4,12-14,20-24H2,1-2H3,(H,44,47)(H,45,48)(H,46,49). The molecule has 0 spiro atoms. The number of aromatic amines is 1. The summed E-state index contributed by atoms with van der Waals surface area (Å²) < 4.78 is 10.3. The molecule has 4 aliphatic rings. The second-order valence-corrected chi connectivity index (χ2v) is 15.0. The molecule has 3 aromatic carbocycles. The second kappa shape index (κ2) is 15.3. The average Bonchev–Trinajstić information content (AvgIpc) is 3.61. The minimum atomic E-state index is -0.873. The summed E-state index contributed by atoms with van der Waals surface area (Å²) in [5.41, 5.74) is 2.33. The van der Waals surface area contributed by atoms with Gasteiger partial charge >= 0.3 is 11.9 Å². The maximum atomic E-state index is 14.0. The van der Waals surface area contributed by atoms with E-state index in [9.17, 15) is 24.0 Å². The Labute approximate surface area is 308 Å². The summed E-state index contributed by atoms with van der Waals surface area (Å²) >= 11 is 0. The largest absolute Gasteiger partial charge is 0.462 e. The molecule has 4 aliphatic carbocycles. The Hall–Kier alpha value is -5.45. The summed E-state index contributed by atoms with van der Waals surface area (Å²) in [4.78, 5) is 70.3. The fourth-order valence-electron chi connectivity index (χ4n) is 9.28. The van der Waals surface area contributed by atoms with E-state index in [0.717, 1.165) is 47.9 Å². The summed E-state index contributed by atoms with van der Waals surface area (Å²) in [6.45, 7) is 4.10. The van der Waals surface area contributed by atoms with Gasteiger partial charge in [-0.15, -0.1) is 0 Å². The van der Waals surface area contributed by atoms with Crippen molar-refractivity contribution in [1.29, 1.82) is 0 Å². The number of carbonyl (C=O) groups excluding carboxylic acids is 5. The van der Waals surface area contributed by atoms with Crippen LogP contribution in [0.1, 0.15) is 105 Å². The highest BCUT2D eigenvalue weighted by Crippen LogP contribution is 2.59. The number of benzene rings is 3. The minimum absolute atomic E-state index is 0.0754. The number of hydrogen-bond acceptors (Lipinski definition) is 7. The number of amides is 3. The third-order valence-corrected chi connectivity index (χ3v) is 11.2. The van der Waals surface area contributed by atoms with E-state index in [0.29, 0.717) is 12.1 Å². The molecule has 0 aliphatic heterocycles. The summed E-state index contributed by atoms with van der Waals surface area (Å²) in [7, 11) is 0. The Bertz CT molecular complexity index is 1970. The third kappa shape index (κ3) is 7.84. The van der Waals surface area contributed by atoms with E-state index in [-0.39, 0.29) is 59.0 Å². The highest BCUT2D eigenvalue weighted by Gasteiger charge is 2.50. The SMILES string of the molecule is CCOC(=O)c1cc(NC(=O)C(CNC(=O)c2cc3cc[nH]c3cc2C(=O)NCC23CC4CC(CC(C4)C2)C3)c2ccccc2)cc(C(=O)OCC)c1. The molecular formula is C42H46N4O7. The fraction of sp³-hybridized carbons (Fsp3) is 0.405. The number of hydrogen-bond donors (Lipinski definition) is 4. The predicted molar refractivity (Wildman–Crippen MR) is 200 cm³/mol. The predicted octanol–water partition coefficient (Wildman–Crippen LogP) is 6.62. The number of nitrogens with one attached hydrogen (secondary N) is 4. The van der Waals surface area contributed by atoms with Crippen molar-refractivity contribution >= 4 is 46.3 Å². The Kier molecular flexibility index (Phi) is 10.3. The van der Waals surface area contributed by atoms with Crippen molar-refractivity contribution in [3.8, 4) is 0 Å². The molecule has 4 bridgehead atoms. The number of H-pyrrole nitrogens is 1. The molecule has 0 radical (unpaired) electrons. The molecule has 4 fully saturated rings. The van der Waals surface area contributed by atoms with E-state index in [1.54, 1.807) is 56.4 Å². The quantitative estimate of drug-likeness (QED) is 0.113. The number of rotatable bonds is 13. The van der Waals surface area contributed by atoms with Crippen molar-refractivity contribution in [2.45, 2.75) is 58.3 Å². The molecule has 0 saturated heterocycles. The van der Waals surface area contributed by atoms with E-state index >= 15 is 0 Å². The van der Waals surface area contributed by atoms with E-state index in [2.05, 4.69) is 20.9 Å². The zero-order valence-electron chi connectivity index (χ0n) is 30.2. The van der Waals surface area contributed by atoms with Gasteiger partial charge in [0.15, 0.2) is 0 Å². The summed E-state index contributed by atoms with van der Waals surface area (Å²) in [6.07, 6.45) is 9.18. The summed E-state index contributed by atoms with van der Waals surface area (Å²) in [5, 5.41) is 9.75. The topological polar surface area (TPSA) is 156 Å². The molecule has 276 valence electrons. The molecule has 8 rings (SSSR count). The minimum Gasteiger partial charge on any atom is -0.462 e. The first-order valence-corrected chi connectivity index (χ1v) is 18.7. The molecule has 1 atom stereocenters. The Morgan fingerprint density at radius 2 is 1.34 bits per heavy atom. The molecule has 3 amide bonds. The molecule has 11 nitrogen and oxygen atoms in total. The normalized spacial score (nSPS) is 21.8. The van der Waals surface area contributed by atoms with Crippen LogP contribution in [0.5, 0.6) is 0 Å². The van der Waals surface area contributed by atoms with Gasteiger partial charge in [0.25, 0.3) is 11.8 Å². The highest BCUT2D eigenvalue weighted by molar-refractivity contribution is 6.10. The zero-order valence-corrected chi connectivity index (χ0v) is 30.2. The lowest BCUT2D eigenvalue weighted by Gasteiger charge is -2.56. The van der Waals surface area contributed by atoms with Crippen molar-refractivity contribution in [3.05, 3.63) is 101 Å². The van der Waals surface area contributed by atoms with E-state index in [4.69, 9.17) is 9.47 Å². The van der Waals surface area contributed by atoms with Crippen LogP contribution < -0.4 is 16.0 Å². The van der Waals surface area contributed by atoms with E-state index < -0.39 is 29.7 Å². The van der Waals surface area contributed by atoms with Gasteiger partial charge in [-0.2, -0.15) is 0 Å². The van der Waals surface area contributed by atoms with Crippen LogP contribution in [-0.2, 0) is 14.3 Å². The monoisotopic (exact) mass is 718 g/mol. The summed E-state index contributed by atoms with van der Waals surface area (Å²) in [6, 6.07) is 18.5. The van der Waals surface area contributed by atoms with Gasteiger partial charge in [-0.3, -0.25) is 14.4 Å². The van der Waals surface area contributed by atoms with Gasteiger partial charge < -0.3 is 30.4 Å². The number of carbonyl (C=O) groups is 5. The summed E-state index contributed by atoms with van der Waals surface area (Å²) in [5.74, 6) is -1.18. The molecular weight excluding hydrogens is 672 g/mol. The van der Waals surface area contributed by atoms with Crippen molar-refractivity contribution in [2.75, 3.05) is 31.6 Å². The van der Waals surface area contributed by atoms with Gasteiger partial charge in [0.05, 0.1) is 41.4 Å². The first kappa shape index (κ1) is 35.9. The fourth-order valence-corrected chi connectivity index (χ4v) is 9.28. The Morgan fingerprint density at radius 3 is 1.94 bits per heavy atom. The van der Waals surface area contributed by atoms with Crippen LogP contribution in [0.25, 0.3) is 10.9 Å². The second-order valence-electron chi connectivity index (χ2n) is 15.0. The number of esters is 2. The Balaban J connectivity index is 1.10. The lowest BCUT2D eigenvalue weighted by atomic mass is 9.49. The van der Waals surface area contributed by atoms with Crippen molar-refractivity contribution in [3.63, 3.8) is 0 Å². The van der Waals surface area contributed by atoms with Crippen LogP contribution in [0.2, 0.25) is 0 Å². The van der Waals surface area contributed by atoms with Crippen LogP contribution in [0.3, 0.4) is 0 Å². The van der Waals surface area contributed by atoms with Crippen LogP contribution in [-0.4, -0.2) is 60.9 Å². The Morgan fingerprint density at radius 1 is 0.755 bits per heavy atom. The van der Waals surface area contributed by atoms with Crippen molar-refractivity contribution < 1.29 is 33.4 Å². The molecule has 4 N–H and O–H groups in total. The molecule has 11 heteroatoms. The molecule has 1 heterocycles. The van der Waals surface area contributed by atoms with Gasteiger partial charge in [-0.05, 0) is 118 Å². The van der Waals surface area contributed by atoms with Crippen LogP contribution in [0.15, 0.2) is 72.9 Å². The number of ether oxygens (including phenoxy) is 2. The smallest absolute Gasteiger partial charge is 0.338 e. The molecule has 1 unspecified atom stereocenters. The lowest BCUT2D eigenvalue weighted by molar-refractivity contribution is -0.117. The maximum absolute atomic E-state index is 14.0. The molecule has 4 aromatic rings. The van der Waals surface area contributed by atoms with Gasteiger partial charge in [0.1, 0.15) is 0 Å². The van der Waals surface area contributed by atoms with Gasteiger partial charge in [-0.25, -0.2) is 9.59 Å². The first-order valence-electron chi connectivity index (χ1n) is 18.7. The van der Waals surface area contributed by atoms with Crippen LogP contribution in [0, 0.1) is 23.2 Å². The van der Waals surface area contributed by atoms with Gasteiger partial charge in [0, 0.05) is 35.9 Å².